The summed E-state index contributed by atoms with van der Waals surface area (Å²) in [5.74, 6) is -1.26. The van der Waals surface area contributed by atoms with Gasteiger partial charge in [0.25, 0.3) is 0 Å². The molecule has 30 heavy (non-hydrogen) atoms. The SMILES string of the molecule is CC[C@@H](NCCCC[C@@H](Cc1cc(C)c(F)c(C)c1)C(=O)NO)c1ccc(F)cc1. The second kappa shape index (κ2) is 11.8. The molecule has 4 nitrogen and oxygen atoms in total. The fraction of sp³-hybridized carbons (Fsp3) is 0.458. The van der Waals surface area contributed by atoms with Crippen molar-refractivity contribution in [2.24, 2.45) is 5.92 Å². The van der Waals surface area contributed by atoms with Gasteiger partial charge in [0.05, 0.1) is 0 Å². The van der Waals surface area contributed by atoms with Crippen LogP contribution in [0.2, 0.25) is 0 Å². The Kier molecular flexibility index (Phi) is 9.40. The molecule has 2 rings (SSSR count). The van der Waals surface area contributed by atoms with Crippen LogP contribution in [0.4, 0.5) is 8.78 Å². The zero-order chi connectivity index (χ0) is 22.1. The van der Waals surface area contributed by atoms with Crippen molar-refractivity contribution >= 4 is 5.91 Å². The van der Waals surface area contributed by atoms with E-state index in [-0.39, 0.29) is 23.6 Å². The minimum atomic E-state index is -0.416. The summed E-state index contributed by atoms with van der Waals surface area (Å²) in [6, 6.07) is 10.2. The summed E-state index contributed by atoms with van der Waals surface area (Å²) in [5, 5.41) is 12.6. The molecule has 0 aliphatic heterocycles. The van der Waals surface area contributed by atoms with Gasteiger partial charge in [-0.1, -0.05) is 37.6 Å². The van der Waals surface area contributed by atoms with E-state index in [1.165, 1.54) is 12.1 Å². The average Bonchev–Trinajstić information content (AvgIpc) is 2.73. The van der Waals surface area contributed by atoms with Gasteiger partial charge in [-0.2, -0.15) is 0 Å². The van der Waals surface area contributed by atoms with Gasteiger partial charge in [-0.05, 0) is 80.5 Å². The Morgan fingerprint density at radius 2 is 1.70 bits per heavy atom. The molecule has 0 saturated carbocycles. The number of rotatable bonds is 11. The van der Waals surface area contributed by atoms with Crippen LogP contribution in [-0.4, -0.2) is 17.7 Å². The topological polar surface area (TPSA) is 61.4 Å². The fourth-order valence-corrected chi connectivity index (χ4v) is 3.84. The first-order valence-corrected chi connectivity index (χ1v) is 10.5. The normalized spacial score (nSPS) is 13.1. The number of amides is 1. The monoisotopic (exact) mass is 418 g/mol. The lowest BCUT2D eigenvalue weighted by Crippen LogP contribution is -2.29. The summed E-state index contributed by atoms with van der Waals surface area (Å²) in [6.07, 6.45) is 3.65. The summed E-state index contributed by atoms with van der Waals surface area (Å²) in [7, 11) is 0. The van der Waals surface area contributed by atoms with E-state index in [0.717, 1.165) is 36.9 Å². The zero-order valence-corrected chi connectivity index (χ0v) is 18.0. The molecular formula is C24H32F2N2O2. The molecule has 0 spiro atoms. The third kappa shape index (κ3) is 6.89. The van der Waals surface area contributed by atoms with E-state index in [1.807, 2.05) is 0 Å². The number of hydroxylamine groups is 1. The van der Waals surface area contributed by atoms with Crippen molar-refractivity contribution in [2.75, 3.05) is 6.54 Å². The van der Waals surface area contributed by atoms with Crippen LogP contribution in [0.1, 0.15) is 60.9 Å². The number of aryl methyl sites for hydroxylation is 2. The summed E-state index contributed by atoms with van der Waals surface area (Å²) >= 11 is 0. The molecule has 2 aromatic rings. The first-order valence-electron chi connectivity index (χ1n) is 10.5. The van der Waals surface area contributed by atoms with Gasteiger partial charge < -0.3 is 5.32 Å². The number of nitrogens with one attached hydrogen (secondary N) is 2. The smallest absolute Gasteiger partial charge is 0.246 e. The quantitative estimate of drug-likeness (QED) is 0.268. The van der Waals surface area contributed by atoms with Crippen molar-refractivity contribution in [3.05, 3.63) is 70.3 Å². The molecule has 0 heterocycles. The number of benzene rings is 2. The summed E-state index contributed by atoms with van der Waals surface area (Å²) in [4.78, 5) is 12.1. The van der Waals surface area contributed by atoms with Crippen molar-refractivity contribution in [3.63, 3.8) is 0 Å². The van der Waals surface area contributed by atoms with Gasteiger partial charge in [-0.3, -0.25) is 10.0 Å². The number of hydrogen-bond acceptors (Lipinski definition) is 3. The van der Waals surface area contributed by atoms with Crippen LogP contribution in [0.5, 0.6) is 0 Å². The van der Waals surface area contributed by atoms with Crippen LogP contribution in [-0.2, 0) is 11.2 Å². The highest BCUT2D eigenvalue weighted by Crippen LogP contribution is 2.21. The Bertz CT molecular complexity index is 801. The molecule has 0 bridgehead atoms. The number of hydrogen-bond donors (Lipinski definition) is 3. The first kappa shape index (κ1) is 24.0. The Balaban J connectivity index is 1.86. The summed E-state index contributed by atoms with van der Waals surface area (Å²) < 4.78 is 27.0. The maximum atomic E-state index is 13.9. The molecule has 2 atom stereocenters. The standard InChI is InChI=1S/C24H32F2N2O2/c1-4-22(19-8-10-21(25)11-9-19)27-12-6-5-7-20(24(29)28-30)15-18-13-16(2)23(26)17(3)14-18/h8-11,13-14,20,22,27,30H,4-7,12,15H2,1-3H3,(H,28,29)/t20-,22+/m0/s1. The molecule has 1 amide bonds. The second-order valence-electron chi connectivity index (χ2n) is 7.88. The third-order valence-electron chi connectivity index (χ3n) is 5.51. The van der Waals surface area contributed by atoms with Crippen LogP contribution in [0.15, 0.2) is 36.4 Å². The van der Waals surface area contributed by atoms with Gasteiger partial charge in [0.15, 0.2) is 0 Å². The molecule has 164 valence electrons. The lowest BCUT2D eigenvalue weighted by Gasteiger charge is -2.19. The van der Waals surface area contributed by atoms with E-state index in [2.05, 4.69) is 12.2 Å². The molecule has 3 N–H and O–H groups in total. The van der Waals surface area contributed by atoms with Gasteiger partial charge >= 0.3 is 0 Å². The van der Waals surface area contributed by atoms with Crippen molar-refractivity contribution < 1.29 is 18.8 Å². The van der Waals surface area contributed by atoms with E-state index < -0.39 is 5.91 Å². The van der Waals surface area contributed by atoms with Crippen molar-refractivity contribution in [1.29, 1.82) is 0 Å². The Labute approximate surface area is 177 Å². The Hall–Kier alpha value is -2.31. The Morgan fingerprint density at radius 1 is 1.07 bits per heavy atom. The molecule has 0 aliphatic rings. The van der Waals surface area contributed by atoms with Crippen LogP contribution in [0, 0.1) is 31.4 Å². The molecule has 0 saturated heterocycles. The molecule has 0 radical (unpaired) electrons. The minimum absolute atomic E-state index is 0.160. The summed E-state index contributed by atoms with van der Waals surface area (Å²) in [5.41, 5.74) is 4.82. The van der Waals surface area contributed by atoms with Gasteiger partial charge in [-0.25, -0.2) is 14.3 Å². The molecule has 0 unspecified atom stereocenters. The molecule has 2 aromatic carbocycles. The lowest BCUT2D eigenvalue weighted by molar-refractivity contribution is -0.133. The number of carbonyl (C=O) groups is 1. The van der Waals surface area contributed by atoms with Gasteiger partial charge in [0.1, 0.15) is 11.6 Å². The van der Waals surface area contributed by atoms with Gasteiger partial charge in [0.2, 0.25) is 5.91 Å². The first-order chi connectivity index (χ1) is 14.3. The number of unbranched alkanes of at least 4 members (excludes halogenated alkanes) is 1. The number of halogens is 2. The van der Waals surface area contributed by atoms with E-state index in [0.29, 0.717) is 24.0 Å². The highest BCUT2D eigenvalue weighted by Gasteiger charge is 2.19. The van der Waals surface area contributed by atoms with Crippen LogP contribution < -0.4 is 10.8 Å². The third-order valence-corrected chi connectivity index (χ3v) is 5.51. The maximum Gasteiger partial charge on any atom is 0.246 e. The van der Waals surface area contributed by atoms with Crippen LogP contribution in [0.25, 0.3) is 0 Å². The lowest BCUT2D eigenvalue weighted by atomic mass is 9.91. The van der Waals surface area contributed by atoms with Gasteiger partial charge in [-0.15, -0.1) is 0 Å². The molecular weight excluding hydrogens is 386 g/mol. The molecule has 0 aromatic heterocycles. The second-order valence-corrected chi connectivity index (χ2v) is 7.88. The van der Waals surface area contributed by atoms with E-state index in [1.54, 1.807) is 43.6 Å². The zero-order valence-electron chi connectivity index (χ0n) is 18.0. The van der Waals surface area contributed by atoms with E-state index >= 15 is 0 Å². The van der Waals surface area contributed by atoms with Crippen LogP contribution in [0.3, 0.4) is 0 Å². The summed E-state index contributed by atoms with van der Waals surface area (Å²) in [6.45, 7) is 6.28. The van der Waals surface area contributed by atoms with Crippen molar-refractivity contribution in [3.8, 4) is 0 Å². The van der Waals surface area contributed by atoms with E-state index in [9.17, 15) is 13.6 Å². The molecule has 0 fully saturated rings. The van der Waals surface area contributed by atoms with Crippen molar-refractivity contribution in [1.82, 2.24) is 10.8 Å². The van der Waals surface area contributed by atoms with Crippen molar-refractivity contribution in [2.45, 2.75) is 58.9 Å². The fourth-order valence-electron chi connectivity index (χ4n) is 3.84. The average molecular weight is 419 g/mol. The van der Waals surface area contributed by atoms with Crippen LogP contribution >= 0.6 is 0 Å². The number of carbonyl (C=O) groups excluding carboxylic acids is 1. The molecule has 6 heteroatoms. The molecule has 0 aliphatic carbocycles. The largest absolute Gasteiger partial charge is 0.310 e. The maximum absolute atomic E-state index is 13.9. The highest BCUT2D eigenvalue weighted by molar-refractivity contribution is 5.77. The Morgan fingerprint density at radius 3 is 2.27 bits per heavy atom. The predicted molar refractivity (Wildman–Crippen MR) is 114 cm³/mol. The van der Waals surface area contributed by atoms with Gasteiger partial charge in [0, 0.05) is 12.0 Å². The van der Waals surface area contributed by atoms with E-state index in [4.69, 9.17) is 5.21 Å². The highest BCUT2D eigenvalue weighted by atomic mass is 19.1. The predicted octanol–water partition coefficient (Wildman–Crippen LogP) is 5.16. The minimum Gasteiger partial charge on any atom is -0.310 e.